The molecule has 0 amide bonds. The zero-order valence-corrected chi connectivity index (χ0v) is 8.46. The second kappa shape index (κ2) is 3.87. The first kappa shape index (κ1) is 9.93. The van der Waals surface area contributed by atoms with E-state index in [1.807, 2.05) is 6.07 Å². The fourth-order valence-corrected chi connectivity index (χ4v) is 1.57. The van der Waals surface area contributed by atoms with Gasteiger partial charge in [-0.05, 0) is 36.2 Å². The molecule has 0 aliphatic carbocycles. The molecular weight excluding hydrogens is 193 g/mol. The smallest absolute Gasteiger partial charge is 0.137 e. The van der Waals surface area contributed by atoms with Crippen LogP contribution in [0.3, 0.4) is 0 Å². The van der Waals surface area contributed by atoms with Crippen LogP contribution in [0.2, 0.25) is 0 Å². The standard InChI is InChI=1S/C12H12FNO/c1-8-9(7-14)4-5-10(12(8)13)11-3-2-6-15-11/h2-6H,7,14H2,1H3. The lowest BCUT2D eigenvalue weighted by Gasteiger charge is -2.07. The Kier molecular flexibility index (Phi) is 2.56. The van der Waals surface area contributed by atoms with Gasteiger partial charge in [0.1, 0.15) is 11.6 Å². The van der Waals surface area contributed by atoms with Crippen LogP contribution in [0.4, 0.5) is 4.39 Å². The number of furan rings is 1. The van der Waals surface area contributed by atoms with Gasteiger partial charge in [-0.15, -0.1) is 0 Å². The highest BCUT2D eigenvalue weighted by atomic mass is 19.1. The highest BCUT2D eigenvalue weighted by molar-refractivity contribution is 5.60. The van der Waals surface area contributed by atoms with Gasteiger partial charge in [-0.1, -0.05) is 6.07 Å². The van der Waals surface area contributed by atoms with Crippen molar-refractivity contribution in [3.05, 3.63) is 47.5 Å². The van der Waals surface area contributed by atoms with Crippen LogP contribution in [0.1, 0.15) is 11.1 Å². The van der Waals surface area contributed by atoms with Crippen molar-refractivity contribution in [2.24, 2.45) is 5.73 Å². The number of halogens is 1. The summed E-state index contributed by atoms with van der Waals surface area (Å²) in [5.74, 6) is 0.284. The van der Waals surface area contributed by atoms with Crippen molar-refractivity contribution in [1.82, 2.24) is 0 Å². The normalized spacial score (nSPS) is 10.6. The van der Waals surface area contributed by atoms with E-state index in [0.717, 1.165) is 5.56 Å². The topological polar surface area (TPSA) is 39.2 Å². The van der Waals surface area contributed by atoms with Crippen molar-refractivity contribution >= 4 is 0 Å². The lowest BCUT2D eigenvalue weighted by Crippen LogP contribution is -2.01. The molecule has 1 aromatic carbocycles. The van der Waals surface area contributed by atoms with E-state index < -0.39 is 0 Å². The molecule has 0 aliphatic heterocycles. The Labute approximate surface area is 87.5 Å². The third-order valence-electron chi connectivity index (χ3n) is 2.51. The van der Waals surface area contributed by atoms with Crippen molar-refractivity contribution < 1.29 is 8.81 Å². The van der Waals surface area contributed by atoms with Crippen LogP contribution in [0.5, 0.6) is 0 Å². The maximum atomic E-state index is 13.9. The molecular formula is C12H12FNO. The molecule has 2 N–H and O–H groups in total. The number of hydrogen-bond acceptors (Lipinski definition) is 2. The summed E-state index contributed by atoms with van der Waals surface area (Å²) in [4.78, 5) is 0. The molecule has 78 valence electrons. The fraction of sp³-hybridized carbons (Fsp3) is 0.167. The van der Waals surface area contributed by atoms with Crippen LogP contribution in [0.15, 0.2) is 34.9 Å². The van der Waals surface area contributed by atoms with E-state index in [4.69, 9.17) is 10.2 Å². The Morgan fingerprint density at radius 1 is 1.33 bits per heavy atom. The molecule has 0 fully saturated rings. The first-order chi connectivity index (χ1) is 7.24. The second-order valence-corrected chi connectivity index (χ2v) is 3.39. The Balaban J connectivity index is 2.56. The first-order valence-electron chi connectivity index (χ1n) is 4.76. The Bertz CT molecular complexity index is 463. The highest BCUT2D eigenvalue weighted by Crippen LogP contribution is 2.26. The molecule has 2 rings (SSSR count). The van der Waals surface area contributed by atoms with Crippen molar-refractivity contribution in [1.29, 1.82) is 0 Å². The summed E-state index contributed by atoms with van der Waals surface area (Å²) in [6.45, 7) is 2.07. The van der Waals surface area contributed by atoms with Gasteiger partial charge in [0, 0.05) is 6.54 Å². The van der Waals surface area contributed by atoms with E-state index in [9.17, 15) is 4.39 Å². The van der Waals surface area contributed by atoms with Crippen molar-refractivity contribution in [2.45, 2.75) is 13.5 Å². The van der Waals surface area contributed by atoms with Gasteiger partial charge in [0.2, 0.25) is 0 Å². The molecule has 0 saturated carbocycles. The Morgan fingerprint density at radius 2 is 2.13 bits per heavy atom. The summed E-state index contributed by atoms with van der Waals surface area (Å²) in [7, 11) is 0. The average Bonchev–Trinajstić information content (AvgIpc) is 2.75. The predicted octanol–water partition coefficient (Wildman–Crippen LogP) is 2.85. The van der Waals surface area contributed by atoms with Crippen LogP contribution in [0.25, 0.3) is 11.3 Å². The zero-order valence-electron chi connectivity index (χ0n) is 8.46. The SMILES string of the molecule is Cc1c(CN)ccc(-c2ccco2)c1F. The van der Waals surface area contributed by atoms with Gasteiger partial charge >= 0.3 is 0 Å². The summed E-state index contributed by atoms with van der Waals surface area (Å²) < 4.78 is 19.1. The van der Waals surface area contributed by atoms with Gasteiger partial charge in [-0.25, -0.2) is 4.39 Å². The van der Waals surface area contributed by atoms with E-state index >= 15 is 0 Å². The molecule has 0 saturated heterocycles. The van der Waals surface area contributed by atoms with Crippen LogP contribution in [-0.4, -0.2) is 0 Å². The lowest BCUT2D eigenvalue weighted by molar-refractivity contribution is 0.566. The van der Waals surface area contributed by atoms with Gasteiger partial charge in [0.25, 0.3) is 0 Å². The molecule has 2 nitrogen and oxygen atoms in total. The third-order valence-corrected chi connectivity index (χ3v) is 2.51. The Morgan fingerprint density at radius 3 is 2.73 bits per heavy atom. The number of nitrogens with two attached hydrogens (primary N) is 1. The van der Waals surface area contributed by atoms with Crippen molar-refractivity contribution in [3.8, 4) is 11.3 Å². The van der Waals surface area contributed by atoms with Crippen LogP contribution < -0.4 is 5.73 Å². The second-order valence-electron chi connectivity index (χ2n) is 3.39. The van der Waals surface area contributed by atoms with Crippen LogP contribution in [0, 0.1) is 12.7 Å². The number of rotatable bonds is 2. The molecule has 15 heavy (non-hydrogen) atoms. The Hall–Kier alpha value is -1.61. The van der Waals surface area contributed by atoms with Crippen molar-refractivity contribution in [3.63, 3.8) is 0 Å². The molecule has 0 atom stereocenters. The maximum absolute atomic E-state index is 13.9. The molecule has 0 bridgehead atoms. The van der Waals surface area contributed by atoms with E-state index in [2.05, 4.69) is 0 Å². The highest BCUT2D eigenvalue weighted by Gasteiger charge is 2.12. The minimum absolute atomic E-state index is 0.257. The van der Waals surface area contributed by atoms with Gasteiger partial charge in [0.05, 0.1) is 11.8 Å². The molecule has 2 aromatic rings. The molecule has 0 spiro atoms. The first-order valence-corrected chi connectivity index (χ1v) is 4.76. The molecule has 3 heteroatoms. The van der Waals surface area contributed by atoms with Gasteiger partial charge in [-0.2, -0.15) is 0 Å². The van der Waals surface area contributed by atoms with E-state index in [0.29, 0.717) is 23.4 Å². The van der Waals surface area contributed by atoms with E-state index in [1.54, 1.807) is 25.1 Å². The fourth-order valence-electron chi connectivity index (χ4n) is 1.57. The van der Waals surface area contributed by atoms with E-state index in [1.165, 1.54) is 6.26 Å². The third kappa shape index (κ3) is 1.66. The van der Waals surface area contributed by atoms with Crippen LogP contribution in [-0.2, 0) is 6.54 Å². The summed E-state index contributed by atoms with van der Waals surface area (Å²) in [5.41, 5.74) is 7.39. The molecule has 0 aliphatic rings. The molecule has 0 unspecified atom stereocenters. The lowest BCUT2D eigenvalue weighted by atomic mass is 10.0. The number of benzene rings is 1. The monoisotopic (exact) mass is 205 g/mol. The van der Waals surface area contributed by atoms with Crippen LogP contribution >= 0.6 is 0 Å². The molecule has 0 radical (unpaired) electrons. The van der Waals surface area contributed by atoms with Gasteiger partial charge in [-0.3, -0.25) is 0 Å². The van der Waals surface area contributed by atoms with Gasteiger partial charge in [0.15, 0.2) is 0 Å². The van der Waals surface area contributed by atoms with E-state index in [-0.39, 0.29) is 5.82 Å². The minimum Gasteiger partial charge on any atom is -0.464 e. The van der Waals surface area contributed by atoms with Crippen molar-refractivity contribution in [2.75, 3.05) is 0 Å². The quantitative estimate of drug-likeness (QED) is 0.818. The predicted molar refractivity (Wildman–Crippen MR) is 56.7 cm³/mol. The average molecular weight is 205 g/mol. The summed E-state index contributed by atoms with van der Waals surface area (Å²) in [6, 6.07) is 7.00. The minimum atomic E-state index is -0.257. The summed E-state index contributed by atoms with van der Waals surface area (Å²) in [6.07, 6.45) is 1.53. The zero-order chi connectivity index (χ0) is 10.8. The number of hydrogen-bond donors (Lipinski definition) is 1. The molecule has 1 aromatic heterocycles. The summed E-state index contributed by atoms with van der Waals surface area (Å²) >= 11 is 0. The van der Waals surface area contributed by atoms with Gasteiger partial charge < -0.3 is 10.2 Å². The largest absolute Gasteiger partial charge is 0.464 e. The maximum Gasteiger partial charge on any atom is 0.137 e. The summed E-state index contributed by atoms with van der Waals surface area (Å²) in [5, 5.41) is 0. The molecule has 1 heterocycles.